The number of nitrogens with zero attached hydrogens (tertiary/aromatic N) is 2. The maximum Gasteiger partial charge on any atom is 0.225 e. The highest BCUT2D eigenvalue weighted by atomic mass is 35.5. The predicted octanol–water partition coefficient (Wildman–Crippen LogP) is 2.03. The van der Waals surface area contributed by atoms with Crippen LogP contribution in [0.2, 0.25) is 0 Å². The number of carbonyl (C=O) groups is 2. The van der Waals surface area contributed by atoms with Gasteiger partial charge >= 0.3 is 0 Å². The van der Waals surface area contributed by atoms with Gasteiger partial charge in [0.05, 0.1) is 0 Å². The average Bonchev–Trinajstić information content (AvgIpc) is 2.55. The fourth-order valence-electron chi connectivity index (χ4n) is 3.93. The third kappa shape index (κ3) is 5.08. The second-order valence-corrected chi connectivity index (χ2v) is 7.33. The molecule has 2 aliphatic rings. The highest BCUT2D eigenvalue weighted by Crippen LogP contribution is 2.39. The van der Waals surface area contributed by atoms with Gasteiger partial charge in [0.2, 0.25) is 11.8 Å². The van der Waals surface area contributed by atoms with Gasteiger partial charge in [-0.3, -0.25) is 9.59 Å². The van der Waals surface area contributed by atoms with Gasteiger partial charge in [0.1, 0.15) is 0 Å². The lowest BCUT2D eigenvalue weighted by Gasteiger charge is -2.39. The summed E-state index contributed by atoms with van der Waals surface area (Å²) < 4.78 is 0. The predicted molar refractivity (Wildman–Crippen MR) is 94.4 cm³/mol. The number of nitrogens with two attached hydrogens (primary N) is 1. The quantitative estimate of drug-likeness (QED) is 0.847. The Morgan fingerprint density at radius 2 is 1.70 bits per heavy atom. The highest BCUT2D eigenvalue weighted by molar-refractivity contribution is 5.85. The first kappa shape index (κ1) is 20.2. The molecule has 0 radical (unpaired) electrons. The maximum absolute atomic E-state index is 12.6. The van der Waals surface area contributed by atoms with E-state index in [1.807, 2.05) is 4.90 Å². The number of rotatable bonds is 4. The number of hydrogen-bond acceptors (Lipinski definition) is 3. The molecule has 5 nitrogen and oxygen atoms in total. The van der Waals surface area contributed by atoms with Crippen molar-refractivity contribution in [1.82, 2.24) is 9.80 Å². The molecule has 1 aliphatic carbocycles. The number of hydrogen-bond donors (Lipinski definition) is 1. The minimum Gasteiger partial charge on any atom is -0.349 e. The van der Waals surface area contributed by atoms with Crippen LogP contribution in [0.3, 0.4) is 0 Å². The van der Waals surface area contributed by atoms with Crippen molar-refractivity contribution in [3.8, 4) is 0 Å². The summed E-state index contributed by atoms with van der Waals surface area (Å²) in [5.41, 5.74) is 6.02. The second kappa shape index (κ2) is 8.88. The standard InChI is InChI=1S/C17H31N3O2.ClH/c1-19(2)16(22)14-6-10-20(11-7-14)15(21)12-17(13-18)8-4-3-5-9-17;/h14H,3-13,18H2,1-2H3;1H. The van der Waals surface area contributed by atoms with Crippen LogP contribution in [0.4, 0.5) is 0 Å². The van der Waals surface area contributed by atoms with Crippen molar-refractivity contribution in [3.63, 3.8) is 0 Å². The molecular weight excluding hydrogens is 314 g/mol. The van der Waals surface area contributed by atoms with Gasteiger partial charge in [-0.05, 0) is 37.6 Å². The zero-order valence-corrected chi connectivity index (χ0v) is 15.4. The fraction of sp³-hybridized carbons (Fsp3) is 0.882. The van der Waals surface area contributed by atoms with E-state index in [4.69, 9.17) is 5.73 Å². The summed E-state index contributed by atoms with van der Waals surface area (Å²) in [5, 5.41) is 0. The molecule has 1 aliphatic heterocycles. The Kier molecular flexibility index (Phi) is 7.81. The number of likely N-dealkylation sites (tertiary alicyclic amines) is 1. The van der Waals surface area contributed by atoms with Crippen LogP contribution in [0.25, 0.3) is 0 Å². The maximum atomic E-state index is 12.6. The summed E-state index contributed by atoms with van der Waals surface area (Å²) in [6.45, 7) is 2.04. The number of piperidine rings is 1. The van der Waals surface area contributed by atoms with E-state index in [1.165, 1.54) is 19.3 Å². The molecule has 2 amide bonds. The molecule has 6 heteroatoms. The largest absolute Gasteiger partial charge is 0.349 e. The van der Waals surface area contributed by atoms with Crippen LogP contribution in [0, 0.1) is 11.3 Å². The van der Waals surface area contributed by atoms with E-state index in [0.29, 0.717) is 26.1 Å². The van der Waals surface area contributed by atoms with Crippen molar-refractivity contribution in [1.29, 1.82) is 0 Å². The molecule has 0 aromatic carbocycles. The van der Waals surface area contributed by atoms with E-state index < -0.39 is 0 Å². The molecule has 0 atom stereocenters. The zero-order chi connectivity index (χ0) is 16.2. The lowest BCUT2D eigenvalue weighted by molar-refractivity contribution is -0.140. The van der Waals surface area contributed by atoms with Crippen LogP contribution >= 0.6 is 12.4 Å². The molecule has 23 heavy (non-hydrogen) atoms. The summed E-state index contributed by atoms with van der Waals surface area (Å²) >= 11 is 0. The molecule has 2 fully saturated rings. The summed E-state index contributed by atoms with van der Waals surface area (Å²) in [4.78, 5) is 28.2. The van der Waals surface area contributed by atoms with Crippen LogP contribution < -0.4 is 5.73 Å². The first-order chi connectivity index (χ1) is 10.5. The molecule has 134 valence electrons. The van der Waals surface area contributed by atoms with Crippen LogP contribution in [-0.4, -0.2) is 55.3 Å². The molecule has 1 saturated heterocycles. The zero-order valence-electron chi connectivity index (χ0n) is 14.6. The minimum atomic E-state index is 0. The molecule has 0 spiro atoms. The Morgan fingerprint density at radius 3 is 2.17 bits per heavy atom. The van der Waals surface area contributed by atoms with Crippen molar-refractivity contribution >= 4 is 24.2 Å². The topological polar surface area (TPSA) is 66.6 Å². The Hall–Kier alpha value is -0.810. The van der Waals surface area contributed by atoms with Crippen molar-refractivity contribution in [2.45, 2.75) is 51.4 Å². The number of halogens is 1. The van der Waals surface area contributed by atoms with E-state index in [0.717, 1.165) is 25.7 Å². The molecule has 2 rings (SSSR count). The summed E-state index contributed by atoms with van der Waals surface area (Å²) in [5.74, 6) is 0.512. The molecule has 2 N–H and O–H groups in total. The fourth-order valence-corrected chi connectivity index (χ4v) is 3.93. The monoisotopic (exact) mass is 345 g/mol. The Bertz CT molecular complexity index is 401. The number of amides is 2. The van der Waals surface area contributed by atoms with Gasteiger partial charge in [-0.15, -0.1) is 12.4 Å². The van der Waals surface area contributed by atoms with E-state index in [1.54, 1.807) is 19.0 Å². The van der Waals surface area contributed by atoms with Gasteiger partial charge in [-0.1, -0.05) is 19.3 Å². The van der Waals surface area contributed by atoms with E-state index >= 15 is 0 Å². The van der Waals surface area contributed by atoms with E-state index in [-0.39, 0.29) is 35.6 Å². The second-order valence-electron chi connectivity index (χ2n) is 7.33. The third-order valence-corrected chi connectivity index (χ3v) is 5.51. The van der Waals surface area contributed by atoms with Crippen molar-refractivity contribution in [2.24, 2.45) is 17.1 Å². The highest BCUT2D eigenvalue weighted by Gasteiger charge is 2.36. The number of carbonyl (C=O) groups excluding carboxylic acids is 2. The minimum absolute atomic E-state index is 0. The Morgan fingerprint density at radius 1 is 1.13 bits per heavy atom. The van der Waals surface area contributed by atoms with E-state index in [2.05, 4.69) is 0 Å². The molecular formula is C17H32ClN3O2. The molecule has 0 aromatic heterocycles. The van der Waals surface area contributed by atoms with Crippen LogP contribution in [0.5, 0.6) is 0 Å². The molecule has 0 aromatic rings. The SMILES string of the molecule is CN(C)C(=O)C1CCN(C(=O)CC2(CN)CCCCC2)CC1.Cl. The van der Waals surface area contributed by atoms with Crippen molar-refractivity contribution in [2.75, 3.05) is 33.7 Å². The van der Waals surface area contributed by atoms with E-state index in [9.17, 15) is 9.59 Å². The van der Waals surface area contributed by atoms with Crippen LogP contribution in [0.1, 0.15) is 51.4 Å². The summed E-state index contributed by atoms with van der Waals surface area (Å²) in [6, 6.07) is 0. The Labute approximate surface area is 146 Å². The first-order valence-corrected chi connectivity index (χ1v) is 8.66. The third-order valence-electron chi connectivity index (χ3n) is 5.51. The lowest BCUT2D eigenvalue weighted by Crippen LogP contribution is -2.45. The molecule has 0 bridgehead atoms. The smallest absolute Gasteiger partial charge is 0.225 e. The Balaban J connectivity index is 0.00000264. The van der Waals surface area contributed by atoms with Crippen molar-refractivity contribution in [3.05, 3.63) is 0 Å². The van der Waals surface area contributed by atoms with Gasteiger partial charge in [0.15, 0.2) is 0 Å². The van der Waals surface area contributed by atoms with Gasteiger partial charge in [-0.2, -0.15) is 0 Å². The van der Waals surface area contributed by atoms with Gasteiger partial charge in [0, 0.05) is 39.5 Å². The summed E-state index contributed by atoms with van der Waals surface area (Å²) in [7, 11) is 3.60. The van der Waals surface area contributed by atoms with Crippen molar-refractivity contribution < 1.29 is 9.59 Å². The normalized spacial score (nSPS) is 21.4. The van der Waals surface area contributed by atoms with Crippen LogP contribution in [-0.2, 0) is 9.59 Å². The first-order valence-electron chi connectivity index (χ1n) is 8.66. The molecule has 1 heterocycles. The molecule has 1 saturated carbocycles. The summed E-state index contributed by atoms with van der Waals surface area (Å²) in [6.07, 6.45) is 8.02. The van der Waals surface area contributed by atoms with Crippen LogP contribution in [0.15, 0.2) is 0 Å². The average molecular weight is 346 g/mol. The van der Waals surface area contributed by atoms with Gasteiger partial charge in [0.25, 0.3) is 0 Å². The lowest BCUT2D eigenvalue weighted by atomic mass is 9.71. The van der Waals surface area contributed by atoms with Gasteiger partial charge < -0.3 is 15.5 Å². The molecule has 0 unspecified atom stereocenters. The van der Waals surface area contributed by atoms with Gasteiger partial charge in [-0.25, -0.2) is 0 Å².